The highest BCUT2D eigenvalue weighted by Crippen LogP contribution is 2.16. The maximum absolute atomic E-state index is 11.6. The molecular formula is C8H13N3OS. The second-order valence-corrected chi connectivity index (χ2v) is 4.24. The highest BCUT2D eigenvalue weighted by molar-refractivity contribution is 7.99. The monoisotopic (exact) mass is 199 g/mol. The highest BCUT2D eigenvalue weighted by Gasteiger charge is 2.27. The van der Waals surface area contributed by atoms with E-state index in [9.17, 15) is 4.79 Å². The van der Waals surface area contributed by atoms with E-state index in [-0.39, 0.29) is 12.1 Å². The Hall–Kier alpha value is -0.890. The minimum absolute atomic E-state index is 0.0631. The molecule has 1 saturated heterocycles. The Morgan fingerprint density at radius 3 is 2.92 bits per heavy atom. The lowest BCUT2D eigenvalue weighted by Gasteiger charge is -2.32. The van der Waals surface area contributed by atoms with E-state index < -0.39 is 0 Å². The molecule has 0 spiro atoms. The van der Waals surface area contributed by atoms with Gasteiger partial charge < -0.3 is 9.80 Å². The molecule has 1 aliphatic heterocycles. The predicted molar refractivity (Wildman–Crippen MR) is 52.5 cm³/mol. The van der Waals surface area contributed by atoms with Crippen LogP contribution in [0, 0.1) is 11.3 Å². The van der Waals surface area contributed by atoms with E-state index in [2.05, 4.69) is 6.07 Å². The second kappa shape index (κ2) is 4.38. The zero-order chi connectivity index (χ0) is 9.84. The van der Waals surface area contributed by atoms with Gasteiger partial charge in [-0.15, -0.1) is 0 Å². The SMILES string of the molecule is CN(C)C(=O)N1CCSCC1C#N. The number of urea groups is 1. The zero-order valence-electron chi connectivity index (χ0n) is 7.86. The highest BCUT2D eigenvalue weighted by atomic mass is 32.2. The molecule has 1 atom stereocenters. The molecule has 0 bridgehead atoms. The van der Waals surface area contributed by atoms with Crippen LogP contribution in [-0.4, -0.2) is 54.0 Å². The minimum atomic E-state index is -0.256. The average Bonchev–Trinajstić information content (AvgIpc) is 2.16. The number of nitrogens with zero attached hydrogens (tertiary/aromatic N) is 3. The van der Waals surface area contributed by atoms with E-state index in [4.69, 9.17) is 5.26 Å². The van der Waals surface area contributed by atoms with Gasteiger partial charge in [0.25, 0.3) is 0 Å². The van der Waals surface area contributed by atoms with Gasteiger partial charge in [0.1, 0.15) is 6.04 Å². The summed E-state index contributed by atoms with van der Waals surface area (Å²) in [6, 6.07) is 1.83. The quantitative estimate of drug-likeness (QED) is 0.574. The molecule has 1 heterocycles. The predicted octanol–water partition coefficient (Wildman–Crippen LogP) is 0.609. The first kappa shape index (κ1) is 10.2. The summed E-state index contributed by atoms with van der Waals surface area (Å²) in [5.74, 6) is 1.66. The number of hydrogen-bond donors (Lipinski definition) is 0. The summed E-state index contributed by atoms with van der Waals surface area (Å²) in [7, 11) is 3.41. The topological polar surface area (TPSA) is 47.3 Å². The molecule has 1 unspecified atom stereocenters. The first-order valence-electron chi connectivity index (χ1n) is 4.12. The van der Waals surface area contributed by atoms with Gasteiger partial charge in [-0.05, 0) is 0 Å². The van der Waals surface area contributed by atoms with E-state index in [1.165, 1.54) is 4.90 Å². The molecule has 4 nitrogen and oxygen atoms in total. The van der Waals surface area contributed by atoms with Gasteiger partial charge in [0.2, 0.25) is 0 Å². The second-order valence-electron chi connectivity index (χ2n) is 3.09. The van der Waals surface area contributed by atoms with Crippen LogP contribution in [0.25, 0.3) is 0 Å². The van der Waals surface area contributed by atoms with Gasteiger partial charge >= 0.3 is 6.03 Å². The fourth-order valence-electron chi connectivity index (χ4n) is 1.20. The summed E-state index contributed by atoms with van der Waals surface area (Å²) in [4.78, 5) is 14.7. The summed E-state index contributed by atoms with van der Waals surface area (Å²) in [5, 5.41) is 8.82. The Kier molecular flexibility index (Phi) is 3.43. The van der Waals surface area contributed by atoms with Crippen LogP contribution < -0.4 is 0 Å². The Morgan fingerprint density at radius 1 is 1.69 bits per heavy atom. The molecule has 5 heteroatoms. The van der Waals surface area contributed by atoms with E-state index in [1.54, 1.807) is 30.8 Å². The normalized spacial score (nSPS) is 22.2. The van der Waals surface area contributed by atoms with Crippen LogP contribution in [0.1, 0.15) is 0 Å². The molecule has 0 radical (unpaired) electrons. The van der Waals surface area contributed by atoms with Gasteiger partial charge in [0, 0.05) is 32.1 Å². The van der Waals surface area contributed by atoms with Crippen LogP contribution in [-0.2, 0) is 0 Å². The van der Waals surface area contributed by atoms with Crippen molar-refractivity contribution in [3.05, 3.63) is 0 Å². The van der Waals surface area contributed by atoms with Crippen LogP contribution in [0.2, 0.25) is 0 Å². The summed E-state index contributed by atoms with van der Waals surface area (Å²) in [6.45, 7) is 0.680. The molecule has 0 aromatic heterocycles. The molecule has 1 aliphatic rings. The molecular weight excluding hydrogens is 186 g/mol. The van der Waals surface area contributed by atoms with E-state index in [0.29, 0.717) is 6.54 Å². The Bertz CT molecular complexity index is 236. The maximum atomic E-state index is 11.6. The summed E-state index contributed by atoms with van der Waals surface area (Å²) in [6.07, 6.45) is 0. The van der Waals surface area contributed by atoms with Gasteiger partial charge in [0.05, 0.1) is 6.07 Å². The van der Waals surface area contributed by atoms with Crippen molar-refractivity contribution in [2.75, 3.05) is 32.1 Å². The van der Waals surface area contributed by atoms with Crippen molar-refractivity contribution in [3.8, 4) is 6.07 Å². The number of thioether (sulfide) groups is 1. The Balaban J connectivity index is 2.65. The lowest BCUT2D eigenvalue weighted by Crippen LogP contribution is -2.49. The smallest absolute Gasteiger partial charge is 0.320 e. The third kappa shape index (κ3) is 2.28. The molecule has 0 aliphatic carbocycles. The molecule has 13 heavy (non-hydrogen) atoms. The van der Waals surface area contributed by atoms with Crippen molar-refractivity contribution < 1.29 is 4.79 Å². The standard InChI is InChI=1S/C8H13N3OS/c1-10(2)8(12)11-3-4-13-6-7(11)5-9/h7H,3-4,6H2,1-2H3. The molecule has 0 aromatic rings. The first-order chi connectivity index (χ1) is 6.16. The van der Waals surface area contributed by atoms with Crippen molar-refractivity contribution in [2.24, 2.45) is 0 Å². The lowest BCUT2D eigenvalue weighted by atomic mass is 10.3. The number of nitriles is 1. The van der Waals surface area contributed by atoms with Crippen molar-refractivity contribution in [1.82, 2.24) is 9.80 Å². The van der Waals surface area contributed by atoms with Crippen molar-refractivity contribution in [2.45, 2.75) is 6.04 Å². The van der Waals surface area contributed by atoms with Gasteiger partial charge in [0.15, 0.2) is 0 Å². The molecule has 0 aromatic carbocycles. The third-order valence-corrected chi connectivity index (χ3v) is 2.93. The van der Waals surface area contributed by atoms with Gasteiger partial charge in [-0.1, -0.05) is 0 Å². The minimum Gasteiger partial charge on any atom is -0.331 e. The number of carbonyl (C=O) groups excluding carboxylic acids is 1. The summed E-state index contributed by atoms with van der Waals surface area (Å²) in [5.41, 5.74) is 0. The molecule has 2 amide bonds. The average molecular weight is 199 g/mol. The van der Waals surface area contributed by atoms with E-state index >= 15 is 0 Å². The van der Waals surface area contributed by atoms with Gasteiger partial charge in [-0.3, -0.25) is 0 Å². The van der Waals surface area contributed by atoms with Crippen LogP contribution in [0.3, 0.4) is 0 Å². The number of hydrogen-bond acceptors (Lipinski definition) is 3. The molecule has 1 fully saturated rings. The first-order valence-corrected chi connectivity index (χ1v) is 5.27. The molecule has 0 N–H and O–H groups in total. The zero-order valence-corrected chi connectivity index (χ0v) is 8.67. The van der Waals surface area contributed by atoms with E-state index in [0.717, 1.165) is 11.5 Å². The largest absolute Gasteiger partial charge is 0.331 e. The Labute approximate surface area is 82.5 Å². The Morgan fingerprint density at radius 2 is 2.38 bits per heavy atom. The fraction of sp³-hybridized carbons (Fsp3) is 0.750. The van der Waals surface area contributed by atoms with Crippen molar-refractivity contribution >= 4 is 17.8 Å². The van der Waals surface area contributed by atoms with Crippen LogP contribution in [0.5, 0.6) is 0 Å². The van der Waals surface area contributed by atoms with Crippen molar-refractivity contribution in [1.29, 1.82) is 5.26 Å². The number of amides is 2. The third-order valence-electron chi connectivity index (χ3n) is 1.91. The number of carbonyl (C=O) groups is 1. The summed E-state index contributed by atoms with van der Waals surface area (Å²) < 4.78 is 0. The lowest BCUT2D eigenvalue weighted by molar-refractivity contribution is 0.166. The van der Waals surface area contributed by atoms with Crippen molar-refractivity contribution in [3.63, 3.8) is 0 Å². The summed E-state index contributed by atoms with van der Waals surface area (Å²) >= 11 is 1.73. The van der Waals surface area contributed by atoms with Crippen LogP contribution in [0.4, 0.5) is 4.79 Å². The number of rotatable bonds is 0. The maximum Gasteiger partial charge on any atom is 0.320 e. The van der Waals surface area contributed by atoms with Crippen LogP contribution >= 0.6 is 11.8 Å². The molecule has 72 valence electrons. The van der Waals surface area contributed by atoms with Gasteiger partial charge in [-0.2, -0.15) is 17.0 Å². The molecule has 0 saturated carbocycles. The molecule has 1 rings (SSSR count). The van der Waals surface area contributed by atoms with E-state index in [1.807, 2.05) is 0 Å². The van der Waals surface area contributed by atoms with Crippen LogP contribution in [0.15, 0.2) is 0 Å². The van der Waals surface area contributed by atoms with Gasteiger partial charge in [-0.25, -0.2) is 4.79 Å². The fourth-order valence-corrected chi connectivity index (χ4v) is 2.17.